The summed E-state index contributed by atoms with van der Waals surface area (Å²) in [5, 5.41) is 2.98. The lowest BCUT2D eigenvalue weighted by Crippen LogP contribution is -2.15. The Bertz CT molecular complexity index is 680. The van der Waals surface area contributed by atoms with E-state index in [1.807, 2.05) is 63.2 Å². The Morgan fingerprint density at radius 2 is 1.76 bits per heavy atom. The van der Waals surface area contributed by atoms with Crippen LogP contribution in [0.25, 0.3) is 0 Å². The second kappa shape index (κ2) is 6.31. The lowest BCUT2D eigenvalue weighted by molar-refractivity contribution is 0.102. The first-order chi connectivity index (χ1) is 9.88. The van der Waals surface area contributed by atoms with E-state index in [1.54, 1.807) is 0 Å². The van der Waals surface area contributed by atoms with Crippen molar-refractivity contribution in [3.8, 4) is 0 Å². The quantitative estimate of drug-likeness (QED) is 0.893. The van der Waals surface area contributed by atoms with Crippen LogP contribution in [0.4, 0.5) is 11.4 Å². The van der Waals surface area contributed by atoms with Gasteiger partial charge in [-0.2, -0.15) is 0 Å². The summed E-state index contributed by atoms with van der Waals surface area (Å²) in [5.41, 5.74) is 4.63. The van der Waals surface area contributed by atoms with E-state index in [0.717, 1.165) is 27.0 Å². The van der Waals surface area contributed by atoms with E-state index in [9.17, 15) is 4.79 Å². The third kappa shape index (κ3) is 3.64. The summed E-state index contributed by atoms with van der Waals surface area (Å²) in [4.78, 5) is 14.5. The Balaban J connectivity index is 2.25. The van der Waals surface area contributed by atoms with Crippen LogP contribution >= 0.6 is 15.9 Å². The second-order valence-corrected chi connectivity index (χ2v) is 6.22. The van der Waals surface area contributed by atoms with Gasteiger partial charge in [-0.25, -0.2) is 0 Å². The van der Waals surface area contributed by atoms with Crippen LogP contribution in [0.5, 0.6) is 0 Å². The van der Waals surface area contributed by atoms with Crippen molar-refractivity contribution >= 4 is 33.2 Å². The molecule has 0 aliphatic carbocycles. The molecule has 2 rings (SSSR count). The SMILES string of the molecule is Cc1cc(N(C)C)ccc1NC(=O)c1cc(Br)ccc1C. The van der Waals surface area contributed by atoms with Crippen molar-refractivity contribution < 1.29 is 4.79 Å². The fourth-order valence-corrected chi connectivity index (χ4v) is 2.46. The van der Waals surface area contributed by atoms with Crippen LogP contribution in [0.15, 0.2) is 40.9 Å². The summed E-state index contributed by atoms with van der Waals surface area (Å²) in [5.74, 6) is -0.0884. The molecule has 110 valence electrons. The van der Waals surface area contributed by atoms with Crippen LogP contribution in [-0.4, -0.2) is 20.0 Å². The lowest BCUT2D eigenvalue weighted by Gasteiger charge is -2.16. The van der Waals surface area contributed by atoms with Crippen molar-refractivity contribution in [2.24, 2.45) is 0 Å². The molecule has 1 amide bonds. The molecule has 0 aromatic heterocycles. The molecule has 3 nitrogen and oxygen atoms in total. The van der Waals surface area contributed by atoms with Crippen molar-refractivity contribution in [1.29, 1.82) is 0 Å². The van der Waals surface area contributed by atoms with Gasteiger partial charge < -0.3 is 10.2 Å². The number of nitrogens with zero attached hydrogens (tertiary/aromatic N) is 1. The zero-order chi connectivity index (χ0) is 15.6. The van der Waals surface area contributed by atoms with Crippen LogP contribution in [0.2, 0.25) is 0 Å². The largest absolute Gasteiger partial charge is 0.378 e. The van der Waals surface area contributed by atoms with Gasteiger partial charge in [-0.1, -0.05) is 22.0 Å². The fourth-order valence-electron chi connectivity index (χ4n) is 2.09. The average Bonchev–Trinajstić information content (AvgIpc) is 2.43. The van der Waals surface area contributed by atoms with Crippen molar-refractivity contribution in [1.82, 2.24) is 0 Å². The molecule has 0 radical (unpaired) electrons. The molecule has 0 fully saturated rings. The second-order valence-electron chi connectivity index (χ2n) is 5.31. The van der Waals surface area contributed by atoms with Crippen LogP contribution in [-0.2, 0) is 0 Å². The number of halogens is 1. The number of hydrogen-bond acceptors (Lipinski definition) is 2. The molecular formula is C17H19BrN2O. The number of anilines is 2. The number of nitrogens with one attached hydrogen (secondary N) is 1. The molecule has 0 unspecified atom stereocenters. The molecule has 0 saturated heterocycles. The van der Waals surface area contributed by atoms with Gasteiger partial charge in [0.2, 0.25) is 0 Å². The van der Waals surface area contributed by atoms with Gasteiger partial charge in [0.25, 0.3) is 5.91 Å². The maximum atomic E-state index is 12.4. The zero-order valence-electron chi connectivity index (χ0n) is 12.7. The van der Waals surface area contributed by atoms with E-state index in [0.29, 0.717) is 5.56 Å². The highest BCUT2D eigenvalue weighted by Crippen LogP contribution is 2.23. The van der Waals surface area contributed by atoms with E-state index < -0.39 is 0 Å². The molecule has 0 aliphatic heterocycles. The van der Waals surface area contributed by atoms with Crippen LogP contribution in [0.1, 0.15) is 21.5 Å². The summed E-state index contributed by atoms with van der Waals surface area (Å²) >= 11 is 3.40. The van der Waals surface area contributed by atoms with Gasteiger partial charge in [-0.15, -0.1) is 0 Å². The molecule has 1 N–H and O–H groups in total. The number of rotatable bonds is 3. The maximum absolute atomic E-state index is 12.4. The first kappa shape index (κ1) is 15.6. The summed E-state index contributed by atoms with van der Waals surface area (Å²) in [7, 11) is 4.00. The number of amides is 1. The number of carbonyl (C=O) groups excluding carboxylic acids is 1. The molecule has 21 heavy (non-hydrogen) atoms. The Hall–Kier alpha value is -1.81. The van der Waals surface area contributed by atoms with Gasteiger partial charge in [0.05, 0.1) is 0 Å². The lowest BCUT2D eigenvalue weighted by atomic mass is 10.1. The van der Waals surface area contributed by atoms with Gasteiger partial charge in [0, 0.05) is 35.5 Å². The maximum Gasteiger partial charge on any atom is 0.255 e. The Labute approximate surface area is 134 Å². The van der Waals surface area contributed by atoms with Crippen LogP contribution in [0.3, 0.4) is 0 Å². The predicted octanol–water partition coefficient (Wildman–Crippen LogP) is 4.38. The molecule has 0 saturated carbocycles. The van der Waals surface area contributed by atoms with Crippen LogP contribution < -0.4 is 10.2 Å². The monoisotopic (exact) mass is 346 g/mol. The standard InChI is InChI=1S/C17H19BrN2O/c1-11-5-6-13(18)10-15(11)17(21)19-16-8-7-14(20(3)4)9-12(16)2/h5-10H,1-4H3,(H,19,21). The fraction of sp³-hybridized carbons (Fsp3) is 0.235. The molecular weight excluding hydrogens is 328 g/mol. The van der Waals surface area contributed by atoms with Crippen molar-refractivity contribution in [3.63, 3.8) is 0 Å². The molecule has 2 aromatic rings. The minimum atomic E-state index is -0.0884. The van der Waals surface area contributed by atoms with E-state index in [1.165, 1.54) is 0 Å². The van der Waals surface area contributed by atoms with Gasteiger partial charge in [-0.05, 0) is 55.3 Å². The Kier molecular flexibility index (Phi) is 4.68. The highest BCUT2D eigenvalue weighted by atomic mass is 79.9. The average molecular weight is 347 g/mol. The molecule has 2 aromatic carbocycles. The number of carbonyl (C=O) groups is 1. The van der Waals surface area contributed by atoms with Gasteiger partial charge in [0.1, 0.15) is 0 Å². The topological polar surface area (TPSA) is 32.3 Å². The van der Waals surface area contributed by atoms with E-state index in [-0.39, 0.29) is 5.91 Å². The Morgan fingerprint density at radius 3 is 2.38 bits per heavy atom. The van der Waals surface area contributed by atoms with Crippen molar-refractivity contribution in [2.75, 3.05) is 24.3 Å². The third-order valence-corrected chi connectivity index (χ3v) is 3.91. The number of aryl methyl sites for hydroxylation is 2. The molecule has 0 spiro atoms. The molecule has 0 aliphatic rings. The van der Waals surface area contributed by atoms with E-state index >= 15 is 0 Å². The highest BCUT2D eigenvalue weighted by Gasteiger charge is 2.11. The van der Waals surface area contributed by atoms with Gasteiger partial charge in [-0.3, -0.25) is 4.79 Å². The first-order valence-corrected chi connectivity index (χ1v) is 7.53. The van der Waals surface area contributed by atoms with E-state index in [4.69, 9.17) is 0 Å². The number of hydrogen-bond donors (Lipinski definition) is 1. The molecule has 0 atom stereocenters. The molecule has 0 bridgehead atoms. The van der Waals surface area contributed by atoms with Crippen molar-refractivity contribution in [3.05, 3.63) is 57.6 Å². The van der Waals surface area contributed by atoms with Crippen LogP contribution in [0, 0.1) is 13.8 Å². The zero-order valence-corrected chi connectivity index (χ0v) is 14.3. The normalized spacial score (nSPS) is 10.3. The minimum absolute atomic E-state index is 0.0884. The summed E-state index contributed by atoms with van der Waals surface area (Å²) in [6.07, 6.45) is 0. The highest BCUT2D eigenvalue weighted by molar-refractivity contribution is 9.10. The molecule has 0 heterocycles. The summed E-state index contributed by atoms with van der Waals surface area (Å²) < 4.78 is 0.901. The molecule has 4 heteroatoms. The van der Waals surface area contributed by atoms with E-state index in [2.05, 4.69) is 27.3 Å². The third-order valence-electron chi connectivity index (χ3n) is 3.42. The Morgan fingerprint density at radius 1 is 1.05 bits per heavy atom. The summed E-state index contributed by atoms with van der Waals surface area (Å²) in [6, 6.07) is 11.7. The summed E-state index contributed by atoms with van der Waals surface area (Å²) in [6.45, 7) is 3.93. The van der Waals surface area contributed by atoms with Crippen molar-refractivity contribution in [2.45, 2.75) is 13.8 Å². The van der Waals surface area contributed by atoms with Gasteiger partial charge in [0.15, 0.2) is 0 Å². The minimum Gasteiger partial charge on any atom is -0.378 e. The van der Waals surface area contributed by atoms with Gasteiger partial charge >= 0.3 is 0 Å². The number of benzene rings is 2. The first-order valence-electron chi connectivity index (χ1n) is 6.74. The smallest absolute Gasteiger partial charge is 0.255 e. The predicted molar refractivity (Wildman–Crippen MR) is 92.3 cm³/mol.